The van der Waals surface area contributed by atoms with E-state index in [0.717, 1.165) is 23.6 Å². The first-order valence-corrected chi connectivity index (χ1v) is 10.4. The first kappa shape index (κ1) is 26.4. The highest BCUT2D eigenvalue weighted by Crippen LogP contribution is 2.20. The van der Waals surface area contributed by atoms with E-state index in [1.807, 2.05) is 37.3 Å². The molecule has 3 rings (SSSR count). The Morgan fingerprint density at radius 3 is 2.20 bits per heavy atom. The van der Waals surface area contributed by atoms with Crippen LogP contribution in [0, 0.1) is 11.8 Å². The highest BCUT2D eigenvalue weighted by atomic mass is 35.5. The highest BCUT2D eigenvalue weighted by Gasteiger charge is 2.21. The Morgan fingerprint density at radius 2 is 1.60 bits per heavy atom. The maximum atomic E-state index is 12.5. The van der Waals surface area contributed by atoms with Gasteiger partial charge in [-0.1, -0.05) is 68.4 Å². The minimum Gasteiger partial charge on any atom is -0.352 e. The van der Waals surface area contributed by atoms with Gasteiger partial charge in [-0.25, -0.2) is 0 Å². The topological polar surface area (TPSA) is 58.4 Å². The summed E-state index contributed by atoms with van der Waals surface area (Å²) < 4.78 is 0. The molecule has 0 spiro atoms. The van der Waals surface area contributed by atoms with E-state index in [1.54, 1.807) is 0 Å². The third-order valence-electron chi connectivity index (χ3n) is 5.91. The number of amides is 1. The second-order valence-corrected chi connectivity index (χ2v) is 8.22. The van der Waals surface area contributed by atoms with Gasteiger partial charge in [-0.3, -0.25) is 9.69 Å². The van der Waals surface area contributed by atoms with Crippen LogP contribution in [0.3, 0.4) is 0 Å². The summed E-state index contributed by atoms with van der Waals surface area (Å²) in [4.78, 5) is 15.0. The molecule has 0 radical (unpaired) electrons. The zero-order chi connectivity index (χ0) is 19.9. The van der Waals surface area contributed by atoms with E-state index in [0.29, 0.717) is 6.54 Å². The second-order valence-electron chi connectivity index (χ2n) is 8.22. The third kappa shape index (κ3) is 7.59. The van der Waals surface area contributed by atoms with Crippen molar-refractivity contribution in [1.29, 1.82) is 0 Å². The van der Waals surface area contributed by atoms with Crippen LogP contribution in [0.4, 0.5) is 0 Å². The summed E-state index contributed by atoms with van der Waals surface area (Å²) in [5.41, 5.74) is 9.70. The summed E-state index contributed by atoms with van der Waals surface area (Å²) in [5.74, 6) is 0.575. The van der Waals surface area contributed by atoms with Crippen molar-refractivity contribution in [2.75, 3.05) is 13.1 Å². The van der Waals surface area contributed by atoms with Crippen molar-refractivity contribution in [1.82, 2.24) is 10.2 Å². The van der Waals surface area contributed by atoms with E-state index in [-0.39, 0.29) is 42.7 Å². The third-order valence-corrected chi connectivity index (χ3v) is 5.91. The first-order valence-electron chi connectivity index (χ1n) is 10.4. The van der Waals surface area contributed by atoms with E-state index in [9.17, 15) is 4.79 Å². The molecule has 4 nitrogen and oxygen atoms in total. The predicted molar refractivity (Wildman–Crippen MR) is 129 cm³/mol. The minimum atomic E-state index is -0.296. The van der Waals surface area contributed by atoms with Gasteiger partial charge in [-0.2, -0.15) is 0 Å². The van der Waals surface area contributed by atoms with Gasteiger partial charge in [-0.05, 0) is 48.5 Å². The Bertz CT molecular complexity index is 747. The van der Waals surface area contributed by atoms with Crippen molar-refractivity contribution >= 4 is 30.7 Å². The van der Waals surface area contributed by atoms with Crippen LogP contribution in [0.5, 0.6) is 0 Å². The fourth-order valence-electron chi connectivity index (χ4n) is 3.72. The van der Waals surface area contributed by atoms with Crippen LogP contribution in [0.25, 0.3) is 0 Å². The second kappa shape index (κ2) is 13.0. The number of carbonyl (C=O) groups excluding carboxylic acids is 1. The number of hydrogen-bond donors (Lipinski definition) is 2. The molecular formula is C24H35Cl2N3O. The summed E-state index contributed by atoms with van der Waals surface area (Å²) in [7, 11) is 0. The summed E-state index contributed by atoms with van der Waals surface area (Å²) in [6.45, 7) is 8.16. The quantitative estimate of drug-likeness (QED) is 0.640. The van der Waals surface area contributed by atoms with Crippen LogP contribution >= 0.6 is 24.8 Å². The molecule has 2 aromatic carbocycles. The maximum absolute atomic E-state index is 12.5. The van der Waals surface area contributed by atoms with E-state index < -0.39 is 0 Å². The van der Waals surface area contributed by atoms with Crippen molar-refractivity contribution in [3.8, 4) is 0 Å². The van der Waals surface area contributed by atoms with Gasteiger partial charge < -0.3 is 11.1 Å². The minimum absolute atomic E-state index is 0. The number of rotatable bonds is 7. The number of benzene rings is 2. The van der Waals surface area contributed by atoms with E-state index >= 15 is 0 Å². The number of likely N-dealkylation sites (tertiary alicyclic amines) is 1. The van der Waals surface area contributed by atoms with Crippen LogP contribution in [0.15, 0.2) is 54.6 Å². The van der Waals surface area contributed by atoms with Crippen LogP contribution in [-0.4, -0.2) is 23.9 Å². The number of nitrogens with one attached hydrogen (secondary N) is 1. The van der Waals surface area contributed by atoms with Gasteiger partial charge in [0.1, 0.15) is 0 Å². The molecule has 2 unspecified atom stereocenters. The van der Waals surface area contributed by atoms with Gasteiger partial charge in [0.05, 0.1) is 5.92 Å². The standard InChI is InChI=1S/C24H33N3O.2ClH/c1-18-12-14-27(15-13-18)17-21-10-8-20(9-11-21)16-26-24(28)19(2)23(25)22-6-4-3-5-7-22;;/h3-11,18-19,23H,12-17,25H2,1-2H3,(H,26,28);2*1H. The summed E-state index contributed by atoms with van der Waals surface area (Å²) in [6.07, 6.45) is 2.60. The van der Waals surface area contributed by atoms with Gasteiger partial charge in [0.2, 0.25) is 5.91 Å². The summed E-state index contributed by atoms with van der Waals surface area (Å²) >= 11 is 0. The molecule has 1 saturated heterocycles. The van der Waals surface area contributed by atoms with Crippen LogP contribution in [0.2, 0.25) is 0 Å². The lowest BCUT2D eigenvalue weighted by molar-refractivity contribution is -0.125. The maximum Gasteiger partial charge on any atom is 0.225 e. The fraction of sp³-hybridized carbons (Fsp3) is 0.458. The van der Waals surface area contributed by atoms with Crippen molar-refractivity contribution in [2.24, 2.45) is 17.6 Å². The van der Waals surface area contributed by atoms with E-state index in [2.05, 4.69) is 41.4 Å². The van der Waals surface area contributed by atoms with Crippen molar-refractivity contribution in [2.45, 2.75) is 45.8 Å². The molecule has 166 valence electrons. The number of hydrogen-bond acceptors (Lipinski definition) is 3. The number of nitrogens with two attached hydrogens (primary N) is 1. The van der Waals surface area contributed by atoms with Crippen molar-refractivity contribution < 1.29 is 4.79 Å². The molecule has 0 aliphatic carbocycles. The van der Waals surface area contributed by atoms with Gasteiger partial charge in [0, 0.05) is 19.1 Å². The zero-order valence-electron chi connectivity index (χ0n) is 17.9. The molecule has 1 aliphatic rings. The van der Waals surface area contributed by atoms with E-state index in [1.165, 1.54) is 31.5 Å². The number of piperidine rings is 1. The number of nitrogens with zero attached hydrogens (tertiary/aromatic N) is 1. The first-order chi connectivity index (χ1) is 13.5. The lowest BCUT2D eigenvalue weighted by Gasteiger charge is -2.30. The Labute approximate surface area is 193 Å². The molecule has 6 heteroatoms. The van der Waals surface area contributed by atoms with Gasteiger partial charge >= 0.3 is 0 Å². The largest absolute Gasteiger partial charge is 0.352 e. The normalized spacial score (nSPS) is 16.6. The molecule has 1 amide bonds. The molecule has 0 bridgehead atoms. The van der Waals surface area contributed by atoms with Gasteiger partial charge in [0.25, 0.3) is 0 Å². The number of carbonyl (C=O) groups is 1. The smallest absolute Gasteiger partial charge is 0.225 e. The van der Waals surface area contributed by atoms with Gasteiger partial charge in [0.15, 0.2) is 0 Å². The Hall–Kier alpha value is -1.59. The molecule has 2 aromatic rings. The van der Waals surface area contributed by atoms with Crippen molar-refractivity contribution in [3.05, 3.63) is 71.3 Å². The molecule has 1 aliphatic heterocycles. The molecule has 30 heavy (non-hydrogen) atoms. The molecule has 2 atom stereocenters. The fourth-order valence-corrected chi connectivity index (χ4v) is 3.72. The average molecular weight is 452 g/mol. The summed E-state index contributed by atoms with van der Waals surface area (Å²) in [5, 5.41) is 3.03. The SMILES string of the molecule is CC1CCN(Cc2ccc(CNC(=O)C(C)C(N)c3ccccc3)cc2)CC1.Cl.Cl. The Kier molecular flexibility index (Phi) is 11.4. The lowest BCUT2D eigenvalue weighted by atomic mass is 9.94. The molecule has 3 N–H and O–H groups in total. The monoisotopic (exact) mass is 451 g/mol. The zero-order valence-corrected chi connectivity index (χ0v) is 19.6. The predicted octanol–water partition coefficient (Wildman–Crippen LogP) is 4.71. The van der Waals surface area contributed by atoms with Crippen LogP contribution < -0.4 is 11.1 Å². The molecule has 0 saturated carbocycles. The van der Waals surface area contributed by atoms with Crippen LogP contribution in [-0.2, 0) is 17.9 Å². The highest BCUT2D eigenvalue weighted by molar-refractivity contribution is 5.85. The molecular weight excluding hydrogens is 417 g/mol. The molecule has 1 fully saturated rings. The van der Waals surface area contributed by atoms with Gasteiger partial charge in [-0.15, -0.1) is 24.8 Å². The summed E-state index contributed by atoms with van der Waals surface area (Å²) in [6, 6.07) is 18.1. The number of halogens is 2. The average Bonchev–Trinajstić information content (AvgIpc) is 2.74. The molecule has 0 aromatic heterocycles. The van der Waals surface area contributed by atoms with Crippen LogP contribution in [0.1, 0.15) is 49.4 Å². The van der Waals surface area contributed by atoms with E-state index in [4.69, 9.17) is 5.73 Å². The lowest BCUT2D eigenvalue weighted by Crippen LogP contribution is -2.35. The Balaban J connectivity index is 0.00000225. The molecule has 1 heterocycles. The van der Waals surface area contributed by atoms with Crippen molar-refractivity contribution in [3.63, 3.8) is 0 Å². The Morgan fingerprint density at radius 1 is 1.03 bits per heavy atom.